The zero-order valence-corrected chi connectivity index (χ0v) is 14.3. The van der Waals surface area contributed by atoms with Gasteiger partial charge in [0, 0.05) is 19.7 Å². The Morgan fingerprint density at radius 3 is 2.41 bits per heavy atom. The summed E-state index contributed by atoms with van der Waals surface area (Å²) in [5.41, 5.74) is 6.74. The number of aryl methyl sites for hydroxylation is 1. The Labute approximate surface area is 139 Å². The van der Waals surface area contributed by atoms with Crippen LogP contribution in [0.25, 0.3) is 0 Å². The van der Waals surface area contributed by atoms with Gasteiger partial charge in [-0.05, 0) is 37.5 Å². The second-order valence-corrected chi connectivity index (χ2v) is 5.15. The lowest BCUT2D eigenvalue weighted by Crippen LogP contribution is -2.37. The van der Waals surface area contributed by atoms with E-state index in [2.05, 4.69) is 5.32 Å². The van der Waals surface area contributed by atoms with Gasteiger partial charge in [-0.3, -0.25) is 4.79 Å². The van der Waals surface area contributed by atoms with Crippen LogP contribution >= 0.6 is 12.4 Å². The summed E-state index contributed by atoms with van der Waals surface area (Å²) in [5, 5.41) is 2.97. The van der Waals surface area contributed by atoms with Crippen molar-refractivity contribution < 1.29 is 14.3 Å². The fourth-order valence-electron chi connectivity index (χ4n) is 2.05. The van der Waals surface area contributed by atoms with Crippen molar-refractivity contribution in [1.29, 1.82) is 0 Å². The van der Waals surface area contributed by atoms with Crippen LogP contribution in [-0.2, 0) is 16.0 Å². The maximum atomic E-state index is 11.8. The molecule has 0 radical (unpaired) electrons. The minimum atomic E-state index is -0.209. The molecule has 2 atom stereocenters. The number of hydrogen-bond acceptors (Lipinski definition) is 4. The number of carbonyl (C=O) groups is 1. The number of amides is 1. The second-order valence-electron chi connectivity index (χ2n) is 5.15. The monoisotopic (exact) mass is 330 g/mol. The Morgan fingerprint density at radius 1 is 1.27 bits per heavy atom. The molecule has 5 nitrogen and oxygen atoms in total. The van der Waals surface area contributed by atoms with Gasteiger partial charge in [-0.1, -0.05) is 12.1 Å². The van der Waals surface area contributed by atoms with E-state index < -0.39 is 0 Å². The van der Waals surface area contributed by atoms with Crippen LogP contribution in [0, 0.1) is 0 Å². The summed E-state index contributed by atoms with van der Waals surface area (Å²) >= 11 is 0. The molecule has 0 bridgehead atoms. The number of carbonyl (C=O) groups excluding carboxylic acids is 1. The molecule has 0 fully saturated rings. The molecule has 0 heterocycles. The van der Waals surface area contributed by atoms with Crippen LogP contribution in [0.4, 0.5) is 0 Å². The normalized spacial score (nSPS) is 12.9. The number of methoxy groups -OCH3 is 2. The summed E-state index contributed by atoms with van der Waals surface area (Å²) in [4.78, 5) is 11.8. The van der Waals surface area contributed by atoms with Crippen LogP contribution in [0.3, 0.4) is 0 Å². The van der Waals surface area contributed by atoms with Gasteiger partial charge in [-0.2, -0.15) is 0 Å². The number of ether oxygens (including phenoxy) is 2. The van der Waals surface area contributed by atoms with E-state index in [0.29, 0.717) is 13.0 Å². The molecule has 0 spiro atoms. The largest absolute Gasteiger partial charge is 0.497 e. The summed E-state index contributed by atoms with van der Waals surface area (Å²) in [7, 11) is 3.22. The summed E-state index contributed by atoms with van der Waals surface area (Å²) in [6.45, 7) is 2.36. The number of halogens is 1. The number of nitrogens with two attached hydrogens (primary N) is 1. The number of hydrogen-bond donors (Lipinski definition) is 2. The van der Waals surface area contributed by atoms with Crippen molar-refractivity contribution in [2.24, 2.45) is 5.73 Å². The molecule has 3 N–H and O–H groups in total. The van der Waals surface area contributed by atoms with Gasteiger partial charge in [-0.15, -0.1) is 12.4 Å². The molecule has 1 aromatic rings. The highest BCUT2D eigenvalue weighted by atomic mass is 35.5. The van der Waals surface area contributed by atoms with Crippen LogP contribution in [0.15, 0.2) is 24.3 Å². The Bertz CT molecular complexity index is 422. The number of rotatable bonds is 9. The van der Waals surface area contributed by atoms with E-state index in [1.54, 1.807) is 14.2 Å². The third-order valence-electron chi connectivity index (χ3n) is 3.44. The highest BCUT2D eigenvalue weighted by Crippen LogP contribution is 2.13. The van der Waals surface area contributed by atoms with Crippen LogP contribution < -0.4 is 15.8 Å². The molecule has 0 saturated carbocycles. The van der Waals surface area contributed by atoms with Gasteiger partial charge in [-0.25, -0.2) is 0 Å². The van der Waals surface area contributed by atoms with E-state index >= 15 is 0 Å². The predicted octanol–water partition coefficient (Wildman–Crippen LogP) is 1.92. The maximum Gasteiger partial charge on any atom is 0.222 e. The summed E-state index contributed by atoms with van der Waals surface area (Å²) < 4.78 is 10.2. The lowest BCUT2D eigenvalue weighted by atomic mass is 10.1. The van der Waals surface area contributed by atoms with Gasteiger partial charge in [0.1, 0.15) is 5.75 Å². The molecule has 1 rings (SSSR count). The van der Waals surface area contributed by atoms with Crippen molar-refractivity contribution in [3.8, 4) is 5.75 Å². The molecular formula is C16H27ClN2O3. The summed E-state index contributed by atoms with van der Waals surface area (Å²) in [5.74, 6) is 0.835. The molecule has 0 aliphatic rings. The smallest absolute Gasteiger partial charge is 0.222 e. The first-order valence-electron chi connectivity index (χ1n) is 7.24. The number of benzene rings is 1. The molecule has 0 aromatic heterocycles. The quantitative estimate of drug-likeness (QED) is 0.725. The first-order chi connectivity index (χ1) is 10.1. The Hall–Kier alpha value is -1.30. The standard InChI is InChI=1S/C16H26N2O3.ClH/c1-12(18-16(19)10-15(11-17)21-3)4-5-13-6-8-14(20-2)9-7-13;/h6-9,12,15H,4-5,10-11,17H2,1-3H3,(H,18,19);1H. The van der Waals surface area contributed by atoms with E-state index in [0.717, 1.165) is 18.6 Å². The lowest BCUT2D eigenvalue weighted by molar-refractivity contribution is -0.124. The van der Waals surface area contributed by atoms with Gasteiger partial charge in [0.25, 0.3) is 0 Å². The minimum absolute atomic E-state index is 0. The topological polar surface area (TPSA) is 73.6 Å². The average molecular weight is 331 g/mol. The first-order valence-corrected chi connectivity index (χ1v) is 7.24. The van der Waals surface area contributed by atoms with Crippen molar-refractivity contribution in [3.63, 3.8) is 0 Å². The van der Waals surface area contributed by atoms with Crippen molar-refractivity contribution in [2.45, 2.75) is 38.3 Å². The maximum absolute atomic E-state index is 11.8. The summed E-state index contributed by atoms with van der Waals surface area (Å²) in [6, 6.07) is 8.10. The van der Waals surface area contributed by atoms with Crippen molar-refractivity contribution in [1.82, 2.24) is 5.32 Å². The first kappa shape index (κ1) is 20.7. The molecule has 1 aromatic carbocycles. The molecular weight excluding hydrogens is 304 g/mol. The zero-order valence-electron chi connectivity index (χ0n) is 13.5. The lowest BCUT2D eigenvalue weighted by Gasteiger charge is -2.17. The average Bonchev–Trinajstić information content (AvgIpc) is 2.51. The van der Waals surface area contributed by atoms with Crippen LogP contribution in [0.2, 0.25) is 0 Å². The second kappa shape index (κ2) is 11.3. The molecule has 2 unspecified atom stereocenters. The molecule has 6 heteroatoms. The van der Waals surface area contributed by atoms with Gasteiger partial charge >= 0.3 is 0 Å². The third-order valence-corrected chi connectivity index (χ3v) is 3.44. The van der Waals surface area contributed by atoms with Gasteiger partial charge in [0.2, 0.25) is 5.91 Å². The van der Waals surface area contributed by atoms with Crippen molar-refractivity contribution in [2.75, 3.05) is 20.8 Å². The van der Waals surface area contributed by atoms with Crippen molar-refractivity contribution in [3.05, 3.63) is 29.8 Å². The fraction of sp³-hybridized carbons (Fsp3) is 0.562. The van der Waals surface area contributed by atoms with Gasteiger partial charge in [0.05, 0.1) is 19.6 Å². The Balaban J connectivity index is 0.00000441. The van der Waals surface area contributed by atoms with E-state index in [4.69, 9.17) is 15.2 Å². The van der Waals surface area contributed by atoms with Crippen LogP contribution in [0.5, 0.6) is 5.75 Å². The molecule has 0 aliphatic carbocycles. The highest BCUT2D eigenvalue weighted by Gasteiger charge is 2.13. The van der Waals surface area contributed by atoms with E-state index in [-0.39, 0.29) is 30.5 Å². The zero-order chi connectivity index (χ0) is 15.7. The minimum Gasteiger partial charge on any atom is -0.497 e. The predicted molar refractivity (Wildman–Crippen MR) is 90.6 cm³/mol. The molecule has 1 amide bonds. The van der Waals surface area contributed by atoms with E-state index in [9.17, 15) is 4.79 Å². The van der Waals surface area contributed by atoms with E-state index in [1.165, 1.54) is 5.56 Å². The summed E-state index contributed by atoms with van der Waals surface area (Å²) in [6.07, 6.45) is 1.90. The Morgan fingerprint density at radius 2 is 1.91 bits per heavy atom. The van der Waals surface area contributed by atoms with Gasteiger partial charge < -0.3 is 20.5 Å². The highest BCUT2D eigenvalue weighted by molar-refractivity contribution is 5.85. The number of nitrogens with one attached hydrogen (secondary N) is 1. The van der Waals surface area contributed by atoms with E-state index in [1.807, 2.05) is 31.2 Å². The third kappa shape index (κ3) is 7.64. The SMILES string of the molecule is COc1ccc(CCC(C)NC(=O)CC(CN)OC)cc1.Cl. The fourth-order valence-corrected chi connectivity index (χ4v) is 2.05. The molecule has 0 aliphatic heterocycles. The Kier molecular flexibility index (Phi) is 10.6. The van der Waals surface area contributed by atoms with Crippen molar-refractivity contribution >= 4 is 18.3 Å². The molecule has 0 saturated heterocycles. The van der Waals surface area contributed by atoms with Gasteiger partial charge in [0.15, 0.2) is 0 Å². The molecule has 22 heavy (non-hydrogen) atoms. The van der Waals surface area contributed by atoms with Crippen LogP contribution in [-0.4, -0.2) is 38.8 Å². The molecule has 126 valence electrons. The van der Waals surface area contributed by atoms with Crippen LogP contribution in [0.1, 0.15) is 25.3 Å².